The molecule has 1 saturated heterocycles. The maximum Gasteiger partial charge on any atom is 0.433 e. The van der Waals surface area contributed by atoms with Gasteiger partial charge in [-0.3, -0.25) is 9.59 Å². The zero-order valence-corrected chi connectivity index (χ0v) is 18.7. The van der Waals surface area contributed by atoms with Crippen LogP contribution < -0.4 is 20.9 Å². The lowest BCUT2D eigenvalue weighted by Gasteiger charge is -2.20. The van der Waals surface area contributed by atoms with E-state index in [0.717, 1.165) is 23.6 Å². The van der Waals surface area contributed by atoms with Crippen molar-refractivity contribution in [3.05, 3.63) is 54.5 Å². The van der Waals surface area contributed by atoms with Gasteiger partial charge in [0, 0.05) is 62.3 Å². The Morgan fingerprint density at radius 2 is 1.86 bits per heavy atom. The van der Waals surface area contributed by atoms with Gasteiger partial charge in [0.2, 0.25) is 17.8 Å². The molecule has 0 atom stereocenters. The predicted molar refractivity (Wildman–Crippen MR) is 124 cm³/mol. The summed E-state index contributed by atoms with van der Waals surface area (Å²) in [4.78, 5) is 37.1. The third-order valence-electron chi connectivity index (χ3n) is 5.17. The number of benzene rings is 1. The summed E-state index contributed by atoms with van der Waals surface area (Å²) in [6.45, 7) is 3.09. The number of nitrogens with zero attached hydrogens (tertiary/aromatic N) is 4. The fourth-order valence-corrected chi connectivity index (χ4v) is 3.59. The van der Waals surface area contributed by atoms with Crippen molar-refractivity contribution in [2.45, 2.75) is 19.5 Å². The number of carbonyl (C=O) groups is 2. The monoisotopic (exact) mass is 485 g/mol. The summed E-state index contributed by atoms with van der Waals surface area (Å²) in [6.07, 6.45) is -1.54. The van der Waals surface area contributed by atoms with Crippen molar-refractivity contribution in [3.8, 4) is 11.1 Å². The van der Waals surface area contributed by atoms with Gasteiger partial charge in [-0.25, -0.2) is 15.0 Å². The van der Waals surface area contributed by atoms with Crippen LogP contribution in [0.1, 0.15) is 19.0 Å². The Hall–Kier alpha value is -4.22. The number of carbonyl (C=O) groups excluding carboxylic acids is 2. The van der Waals surface area contributed by atoms with E-state index in [9.17, 15) is 22.8 Å². The van der Waals surface area contributed by atoms with Gasteiger partial charge in [-0.2, -0.15) is 13.2 Å². The molecule has 9 nitrogen and oxygen atoms in total. The fraction of sp³-hybridized carbons (Fsp3) is 0.261. The number of anilines is 4. The lowest BCUT2D eigenvalue weighted by molar-refractivity contribution is -0.141. The fourth-order valence-electron chi connectivity index (χ4n) is 3.59. The standard InChI is InChI=1S/C23H22F3N7O2/c1-14(34)30-17-10-16(11-18(12-17)31-22-28-6-4-19(32-22)23(24,25)26)15-2-3-20(29-13-15)33-8-5-21(35)27-7-9-33/h2-4,6,10-13H,5,7-9H2,1H3,(H,27,35)(H,30,34)(H,28,31,32). The quantitative estimate of drug-likeness (QED) is 0.506. The summed E-state index contributed by atoms with van der Waals surface area (Å²) in [5, 5.41) is 8.28. The van der Waals surface area contributed by atoms with Crippen LogP contribution in [0.4, 0.5) is 36.3 Å². The molecule has 1 aromatic carbocycles. The molecule has 182 valence electrons. The number of pyridine rings is 1. The molecule has 1 fully saturated rings. The Balaban J connectivity index is 1.62. The zero-order valence-electron chi connectivity index (χ0n) is 18.7. The van der Waals surface area contributed by atoms with E-state index in [1.165, 1.54) is 6.92 Å². The van der Waals surface area contributed by atoms with Crippen LogP contribution in [0.3, 0.4) is 0 Å². The largest absolute Gasteiger partial charge is 0.433 e. The number of aromatic nitrogens is 3. The van der Waals surface area contributed by atoms with Gasteiger partial charge in [0.1, 0.15) is 11.5 Å². The van der Waals surface area contributed by atoms with E-state index in [2.05, 4.69) is 30.9 Å². The molecule has 2 amide bonds. The minimum atomic E-state index is -4.60. The van der Waals surface area contributed by atoms with Gasteiger partial charge in [-0.05, 0) is 42.0 Å². The van der Waals surface area contributed by atoms with Gasteiger partial charge in [0.25, 0.3) is 0 Å². The lowest BCUT2D eigenvalue weighted by atomic mass is 10.1. The number of halogens is 3. The second-order valence-electron chi connectivity index (χ2n) is 7.86. The van der Waals surface area contributed by atoms with Gasteiger partial charge in [0.15, 0.2) is 0 Å². The first kappa shape index (κ1) is 23.9. The van der Waals surface area contributed by atoms with Crippen LogP contribution in [0.15, 0.2) is 48.8 Å². The molecule has 0 bridgehead atoms. The van der Waals surface area contributed by atoms with Gasteiger partial charge in [-0.1, -0.05) is 0 Å². The Labute approximate surface area is 198 Å². The SMILES string of the molecule is CC(=O)Nc1cc(Nc2nccc(C(F)(F)F)n2)cc(-c2ccc(N3CCNC(=O)CC3)nc2)c1. The molecule has 12 heteroatoms. The summed E-state index contributed by atoms with van der Waals surface area (Å²) in [7, 11) is 0. The molecule has 3 heterocycles. The van der Waals surface area contributed by atoms with E-state index in [4.69, 9.17) is 0 Å². The van der Waals surface area contributed by atoms with Crippen molar-refractivity contribution in [3.63, 3.8) is 0 Å². The van der Waals surface area contributed by atoms with Crippen LogP contribution in [0.5, 0.6) is 0 Å². The van der Waals surface area contributed by atoms with Crippen LogP contribution in [0, 0.1) is 0 Å². The van der Waals surface area contributed by atoms with Gasteiger partial charge in [0.05, 0.1) is 0 Å². The van der Waals surface area contributed by atoms with Crippen LogP contribution in [0.25, 0.3) is 11.1 Å². The average Bonchev–Trinajstić information content (AvgIpc) is 3.03. The molecule has 1 aliphatic heterocycles. The van der Waals surface area contributed by atoms with E-state index in [0.29, 0.717) is 43.0 Å². The minimum Gasteiger partial charge on any atom is -0.354 e. The molecule has 0 radical (unpaired) electrons. The van der Waals surface area contributed by atoms with E-state index in [1.54, 1.807) is 24.4 Å². The predicted octanol–water partition coefficient (Wildman–Crippen LogP) is 3.59. The zero-order chi connectivity index (χ0) is 25.0. The molecule has 4 rings (SSSR count). The summed E-state index contributed by atoms with van der Waals surface area (Å²) in [5.41, 5.74) is 1.13. The second kappa shape index (κ2) is 9.95. The third kappa shape index (κ3) is 6.22. The van der Waals surface area contributed by atoms with Crippen molar-refractivity contribution < 1.29 is 22.8 Å². The smallest absolute Gasteiger partial charge is 0.354 e. The van der Waals surface area contributed by atoms with E-state index in [-0.39, 0.29) is 17.8 Å². The number of rotatable bonds is 5. The van der Waals surface area contributed by atoms with Crippen LogP contribution >= 0.6 is 0 Å². The van der Waals surface area contributed by atoms with Crippen molar-refractivity contribution in [1.82, 2.24) is 20.3 Å². The molecule has 0 saturated carbocycles. The van der Waals surface area contributed by atoms with Gasteiger partial charge in [-0.15, -0.1) is 0 Å². The third-order valence-corrected chi connectivity index (χ3v) is 5.17. The van der Waals surface area contributed by atoms with E-state index < -0.39 is 11.9 Å². The Bertz CT molecular complexity index is 1230. The molecular weight excluding hydrogens is 463 g/mol. The number of nitrogens with one attached hydrogen (secondary N) is 3. The highest BCUT2D eigenvalue weighted by Crippen LogP contribution is 2.31. The Morgan fingerprint density at radius 3 is 2.57 bits per heavy atom. The molecule has 1 aliphatic rings. The average molecular weight is 485 g/mol. The van der Waals surface area contributed by atoms with Crippen LogP contribution in [-0.2, 0) is 15.8 Å². The molecule has 0 spiro atoms. The molecule has 0 unspecified atom stereocenters. The van der Waals surface area contributed by atoms with Gasteiger partial charge >= 0.3 is 6.18 Å². The molecule has 2 aromatic heterocycles. The van der Waals surface area contributed by atoms with Crippen molar-refractivity contribution in [2.24, 2.45) is 0 Å². The Kier molecular flexibility index (Phi) is 6.80. The number of alkyl halides is 3. The summed E-state index contributed by atoms with van der Waals surface area (Å²) < 4.78 is 39.0. The molecular formula is C23H22F3N7O2. The van der Waals surface area contributed by atoms with Crippen LogP contribution in [-0.4, -0.2) is 46.4 Å². The molecule has 35 heavy (non-hydrogen) atoms. The van der Waals surface area contributed by atoms with Crippen molar-refractivity contribution >= 4 is 35.0 Å². The van der Waals surface area contributed by atoms with Crippen molar-refractivity contribution in [1.29, 1.82) is 0 Å². The highest BCUT2D eigenvalue weighted by Gasteiger charge is 2.32. The highest BCUT2D eigenvalue weighted by atomic mass is 19.4. The normalized spacial score (nSPS) is 14.2. The lowest BCUT2D eigenvalue weighted by Crippen LogP contribution is -2.28. The molecule has 0 aliphatic carbocycles. The van der Waals surface area contributed by atoms with Crippen LogP contribution in [0.2, 0.25) is 0 Å². The molecule has 3 aromatic rings. The molecule has 3 N–H and O–H groups in total. The van der Waals surface area contributed by atoms with Crippen molar-refractivity contribution in [2.75, 3.05) is 35.2 Å². The summed E-state index contributed by atoms with van der Waals surface area (Å²) in [6, 6.07) is 9.45. The van der Waals surface area contributed by atoms with E-state index in [1.807, 2.05) is 17.0 Å². The number of amides is 2. The second-order valence-corrected chi connectivity index (χ2v) is 7.86. The summed E-state index contributed by atoms with van der Waals surface area (Å²) in [5.74, 6) is 0.187. The highest BCUT2D eigenvalue weighted by molar-refractivity contribution is 5.91. The number of hydrogen-bond acceptors (Lipinski definition) is 7. The summed E-state index contributed by atoms with van der Waals surface area (Å²) >= 11 is 0. The topological polar surface area (TPSA) is 112 Å². The first-order chi connectivity index (χ1) is 16.7. The number of hydrogen-bond donors (Lipinski definition) is 3. The maximum atomic E-state index is 13.0. The van der Waals surface area contributed by atoms with Gasteiger partial charge < -0.3 is 20.9 Å². The Morgan fingerprint density at radius 1 is 1.06 bits per heavy atom. The first-order valence-electron chi connectivity index (χ1n) is 10.8. The maximum absolute atomic E-state index is 13.0. The minimum absolute atomic E-state index is 0.00341. The van der Waals surface area contributed by atoms with E-state index >= 15 is 0 Å². The first-order valence-corrected chi connectivity index (χ1v) is 10.8.